The van der Waals surface area contributed by atoms with Crippen LogP contribution < -0.4 is 16.0 Å². The number of rotatable bonds is 6. The Kier molecular flexibility index (Phi) is 6.66. The summed E-state index contributed by atoms with van der Waals surface area (Å²) < 4.78 is 36.5. The highest BCUT2D eigenvalue weighted by molar-refractivity contribution is 5.93. The van der Waals surface area contributed by atoms with Gasteiger partial charge < -0.3 is 16.0 Å². The second-order valence-corrected chi connectivity index (χ2v) is 6.04. The molecule has 1 aliphatic carbocycles. The lowest BCUT2D eigenvalue weighted by Crippen LogP contribution is -2.38. The number of amides is 1. The van der Waals surface area contributed by atoms with Gasteiger partial charge >= 0.3 is 6.18 Å². The van der Waals surface area contributed by atoms with E-state index in [1.54, 1.807) is 0 Å². The van der Waals surface area contributed by atoms with E-state index in [0.29, 0.717) is 12.5 Å². The van der Waals surface area contributed by atoms with Crippen molar-refractivity contribution in [3.05, 3.63) is 29.8 Å². The number of benzene rings is 1. The van der Waals surface area contributed by atoms with Crippen molar-refractivity contribution in [2.24, 2.45) is 10.9 Å². The molecule has 1 saturated carbocycles. The predicted octanol–water partition coefficient (Wildman–Crippen LogP) is 3.04. The number of aliphatic imine (C=N–C) groups is 1. The van der Waals surface area contributed by atoms with E-state index in [1.165, 1.54) is 7.05 Å². The molecule has 0 atom stereocenters. The Morgan fingerprint density at radius 2 is 2.04 bits per heavy atom. The van der Waals surface area contributed by atoms with Crippen LogP contribution in [0.3, 0.4) is 0 Å². The summed E-state index contributed by atoms with van der Waals surface area (Å²) >= 11 is 0. The van der Waals surface area contributed by atoms with Gasteiger partial charge in [0, 0.05) is 31.7 Å². The minimum Gasteiger partial charge on any atom is -0.356 e. The molecule has 0 heterocycles. The van der Waals surface area contributed by atoms with Gasteiger partial charge in [0.25, 0.3) is 0 Å². The molecule has 0 aromatic heterocycles. The summed E-state index contributed by atoms with van der Waals surface area (Å²) in [5, 5.41) is 8.48. The summed E-state index contributed by atoms with van der Waals surface area (Å²) in [6.45, 7) is 0.152. The molecule has 1 aromatic carbocycles. The second kappa shape index (κ2) is 8.73. The quantitative estimate of drug-likeness (QED) is 0.542. The number of hydrogen-bond donors (Lipinski definition) is 3. The highest BCUT2D eigenvalue weighted by Gasteiger charge is 2.26. The second-order valence-electron chi connectivity index (χ2n) is 6.04. The highest BCUT2D eigenvalue weighted by Crippen LogP contribution is 2.27. The third-order valence-corrected chi connectivity index (χ3v) is 4.05. The molecule has 2 rings (SSSR count). The molecular formula is C17H23F3N4O. The Morgan fingerprint density at radius 1 is 1.28 bits per heavy atom. The minimum absolute atomic E-state index is 0.0426. The van der Waals surface area contributed by atoms with E-state index in [4.69, 9.17) is 0 Å². The number of halogens is 3. The summed E-state index contributed by atoms with van der Waals surface area (Å²) in [5.74, 6) is 0.451. The molecule has 5 nitrogen and oxygen atoms in total. The van der Waals surface area contributed by atoms with Crippen molar-refractivity contribution in [3.8, 4) is 0 Å². The number of carbonyl (C=O) groups is 1. The van der Waals surface area contributed by atoms with Crippen molar-refractivity contribution in [3.63, 3.8) is 0 Å². The van der Waals surface area contributed by atoms with Crippen LogP contribution in [0.5, 0.6) is 0 Å². The summed E-state index contributed by atoms with van der Waals surface area (Å²) in [7, 11) is 1.50. The van der Waals surface area contributed by atoms with E-state index < -0.39 is 12.6 Å². The van der Waals surface area contributed by atoms with Gasteiger partial charge in [-0.05, 0) is 30.5 Å². The first-order valence-electron chi connectivity index (χ1n) is 8.28. The monoisotopic (exact) mass is 356 g/mol. The van der Waals surface area contributed by atoms with E-state index in [-0.39, 0.29) is 18.4 Å². The number of anilines is 1. The molecule has 25 heavy (non-hydrogen) atoms. The van der Waals surface area contributed by atoms with Gasteiger partial charge in [-0.3, -0.25) is 9.79 Å². The summed E-state index contributed by atoms with van der Waals surface area (Å²) in [6, 6.07) is 7.35. The van der Waals surface area contributed by atoms with Crippen LogP contribution in [0.4, 0.5) is 18.9 Å². The number of guanidine groups is 1. The molecule has 8 heteroatoms. The Morgan fingerprint density at radius 3 is 2.64 bits per heavy atom. The molecule has 0 aliphatic heterocycles. The molecule has 0 radical (unpaired) electrons. The average Bonchev–Trinajstić information content (AvgIpc) is 2.48. The smallest absolute Gasteiger partial charge is 0.356 e. The van der Waals surface area contributed by atoms with Crippen molar-refractivity contribution in [2.75, 3.05) is 18.9 Å². The van der Waals surface area contributed by atoms with Crippen LogP contribution >= 0.6 is 0 Å². The molecule has 1 aromatic rings. The highest BCUT2D eigenvalue weighted by atomic mass is 19.4. The summed E-state index contributed by atoms with van der Waals surface area (Å²) in [4.78, 5) is 15.9. The lowest BCUT2D eigenvalue weighted by atomic mass is 9.85. The normalized spacial score (nSPS) is 15.4. The van der Waals surface area contributed by atoms with Gasteiger partial charge in [-0.2, -0.15) is 13.2 Å². The van der Waals surface area contributed by atoms with E-state index >= 15 is 0 Å². The zero-order valence-corrected chi connectivity index (χ0v) is 14.1. The van der Waals surface area contributed by atoms with Gasteiger partial charge in [0.15, 0.2) is 5.96 Å². The van der Waals surface area contributed by atoms with Crippen LogP contribution in [0.25, 0.3) is 0 Å². The topological polar surface area (TPSA) is 65.5 Å². The SMILES string of the molecule is CN=C(NCCC(F)(F)F)NCc1cccc(NC(=O)C2CCC2)c1. The molecule has 0 spiro atoms. The molecule has 138 valence electrons. The number of carbonyl (C=O) groups excluding carboxylic acids is 1. The van der Waals surface area contributed by atoms with Crippen LogP contribution in [-0.4, -0.2) is 31.6 Å². The third-order valence-electron chi connectivity index (χ3n) is 4.05. The van der Waals surface area contributed by atoms with Gasteiger partial charge in [-0.15, -0.1) is 0 Å². The third kappa shape index (κ3) is 6.64. The number of nitrogens with one attached hydrogen (secondary N) is 3. The average molecular weight is 356 g/mol. The zero-order chi connectivity index (χ0) is 18.3. The molecule has 1 aliphatic rings. The number of alkyl halides is 3. The van der Waals surface area contributed by atoms with E-state index in [0.717, 1.165) is 30.5 Å². The molecule has 0 saturated heterocycles. The Labute approximate surface area is 145 Å². The largest absolute Gasteiger partial charge is 0.390 e. The van der Waals surface area contributed by atoms with Gasteiger partial charge in [0.1, 0.15) is 0 Å². The Hall–Kier alpha value is -2.25. The standard InChI is InChI=1S/C17H23F3N4O/c1-21-16(22-9-8-17(18,19)20)23-11-12-4-2-7-14(10-12)24-15(25)13-5-3-6-13/h2,4,7,10,13H,3,5-6,8-9,11H2,1H3,(H,24,25)(H2,21,22,23). The van der Waals surface area contributed by atoms with Gasteiger partial charge in [-0.1, -0.05) is 18.6 Å². The van der Waals surface area contributed by atoms with Crippen molar-refractivity contribution in [1.29, 1.82) is 0 Å². The van der Waals surface area contributed by atoms with Crippen LogP contribution in [-0.2, 0) is 11.3 Å². The van der Waals surface area contributed by atoms with Gasteiger partial charge in [0.2, 0.25) is 5.91 Å². The fourth-order valence-corrected chi connectivity index (χ4v) is 2.40. The van der Waals surface area contributed by atoms with Crippen LogP contribution in [0.2, 0.25) is 0 Å². The molecule has 3 N–H and O–H groups in total. The van der Waals surface area contributed by atoms with Crippen LogP contribution in [0.1, 0.15) is 31.2 Å². The maximum absolute atomic E-state index is 12.2. The van der Waals surface area contributed by atoms with Crippen LogP contribution in [0, 0.1) is 5.92 Å². The lowest BCUT2D eigenvalue weighted by Gasteiger charge is -2.24. The zero-order valence-electron chi connectivity index (χ0n) is 14.1. The molecular weight excluding hydrogens is 333 g/mol. The summed E-state index contributed by atoms with van der Waals surface area (Å²) in [6.07, 6.45) is -2.14. The molecule has 1 fully saturated rings. The van der Waals surface area contributed by atoms with Crippen LogP contribution in [0.15, 0.2) is 29.3 Å². The van der Waals surface area contributed by atoms with Gasteiger partial charge in [0.05, 0.1) is 6.42 Å². The van der Waals surface area contributed by atoms with Crippen molar-refractivity contribution < 1.29 is 18.0 Å². The van der Waals surface area contributed by atoms with Crippen molar-refractivity contribution in [1.82, 2.24) is 10.6 Å². The van der Waals surface area contributed by atoms with E-state index in [1.807, 2.05) is 24.3 Å². The number of nitrogens with zero attached hydrogens (tertiary/aromatic N) is 1. The number of hydrogen-bond acceptors (Lipinski definition) is 2. The maximum Gasteiger partial charge on any atom is 0.390 e. The Bertz CT molecular complexity index is 612. The fourth-order valence-electron chi connectivity index (χ4n) is 2.40. The van der Waals surface area contributed by atoms with Crippen molar-refractivity contribution >= 4 is 17.6 Å². The van der Waals surface area contributed by atoms with E-state index in [2.05, 4.69) is 20.9 Å². The summed E-state index contributed by atoms with van der Waals surface area (Å²) in [5.41, 5.74) is 1.61. The molecule has 0 bridgehead atoms. The van der Waals surface area contributed by atoms with Gasteiger partial charge in [-0.25, -0.2) is 0 Å². The lowest BCUT2D eigenvalue weighted by molar-refractivity contribution is -0.132. The predicted molar refractivity (Wildman–Crippen MR) is 91.3 cm³/mol. The first-order valence-corrected chi connectivity index (χ1v) is 8.28. The van der Waals surface area contributed by atoms with E-state index in [9.17, 15) is 18.0 Å². The fraction of sp³-hybridized carbons (Fsp3) is 0.529. The molecule has 1 amide bonds. The maximum atomic E-state index is 12.2. The van der Waals surface area contributed by atoms with Crippen molar-refractivity contribution in [2.45, 2.75) is 38.4 Å². The minimum atomic E-state index is -4.20. The first kappa shape index (κ1) is 19.1. The molecule has 0 unspecified atom stereocenters. The first-order chi connectivity index (χ1) is 11.9. The Balaban J connectivity index is 1.81.